The molecule has 0 aliphatic carbocycles. The zero-order valence-corrected chi connectivity index (χ0v) is 10.6. The minimum absolute atomic E-state index is 0.0858. The maximum atomic E-state index is 12.8. The zero-order chi connectivity index (χ0) is 14.8. The molecule has 1 aliphatic rings. The molecule has 2 rings (SSSR count). The lowest BCUT2D eigenvalue weighted by molar-refractivity contribution is -0.116. The Morgan fingerprint density at radius 1 is 1.40 bits per heavy atom. The monoisotopic (exact) mass is 284 g/mol. The number of aliphatic hydroxyl groups excluding tert-OH is 1. The number of alkyl halides is 2. The predicted octanol–water partition coefficient (Wildman–Crippen LogP) is 0.929. The minimum Gasteiger partial charge on any atom is -0.390 e. The number of hydrogen-bond acceptors (Lipinski definition) is 3. The molecule has 1 heterocycles. The van der Waals surface area contributed by atoms with Gasteiger partial charge in [-0.05, 0) is 30.2 Å². The third kappa shape index (κ3) is 3.30. The standard InChI is InChI=1S/C13H14F2N2O3/c14-13(15,7-18)6-16-12(20)9-1-3-10-8(5-9)2-4-11(19)17-10/h1,3,5,18H,2,4,6-7H2,(H,16,20)(H,17,19). The fraction of sp³-hybridized carbons (Fsp3) is 0.385. The van der Waals surface area contributed by atoms with Crippen LogP contribution in [0.15, 0.2) is 18.2 Å². The highest BCUT2D eigenvalue weighted by Crippen LogP contribution is 2.23. The molecular weight excluding hydrogens is 270 g/mol. The number of hydrogen-bond donors (Lipinski definition) is 3. The highest BCUT2D eigenvalue weighted by molar-refractivity contribution is 5.97. The first kappa shape index (κ1) is 14.4. The summed E-state index contributed by atoms with van der Waals surface area (Å²) in [6, 6.07) is 4.60. The first-order valence-corrected chi connectivity index (χ1v) is 6.11. The van der Waals surface area contributed by atoms with Crippen molar-refractivity contribution >= 4 is 17.5 Å². The van der Waals surface area contributed by atoms with E-state index < -0.39 is 25.0 Å². The topological polar surface area (TPSA) is 78.4 Å². The van der Waals surface area contributed by atoms with E-state index in [0.717, 1.165) is 5.56 Å². The summed E-state index contributed by atoms with van der Waals surface area (Å²) in [5.41, 5.74) is 1.68. The van der Waals surface area contributed by atoms with Crippen LogP contribution >= 0.6 is 0 Å². The maximum Gasteiger partial charge on any atom is 0.287 e. The van der Waals surface area contributed by atoms with Gasteiger partial charge in [-0.1, -0.05) is 0 Å². The zero-order valence-electron chi connectivity index (χ0n) is 10.6. The largest absolute Gasteiger partial charge is 0.390 e. The summed E-state index contributed by atoms with van der Waals surface area (Å²) in [4.78, 5) is 22.9. The SMILES string of the molecule is O=C1CCc2cc(C(=O)NCC(F)(F)CO)ccc2N1. The average Bonchev–Trinajstić information content (AvgIpc) is 2.44. The summed E-state index contributed by atoms with van der Waals surface area (Å²) in [5, 5.41) is 13.2. The fourth-order valence-corrected chi connectivity index (χ4v) is 1.89. The van der Waals surface area contributed by atoms with Crippen molar-refractivity contribution in [1.29, 1.82) is 0 Å². The molecule has 0 aromatic heterocycles. The quantitative estimate of drug-likeness (QED) is 0.769. The van der Waals surface area contributed by atoms with Crippen molar-refractivity contribution in [3.8, 4) is 0 Å². The first-order valence-electron chi connectivity index (χ1n) is 6.11. The summed E-state index contributed by atoms with van der Waals surface area (Å²) in [5.74, 6) is -4.06. The number of carbonyl (C=O) groups excluding carboxylic acids is 2. The molecule has 7 heteroatoms. The molecule has 1 aromatic carbocycles. The molecule has 0 radical (unpaired) electrons. The van der Waals surface area contributed by atoms with E-state index in [1.165, 1.54) is 6.07 Å². The molecule has 0 spiro atoms. The highest BCUT2D eigenvalue weighted by Gasteiger charge is 2.28. The van der Waals surface area contributed by atoms with Crippen molar-refractivity contribution < 1.29 is 23.5 Å². The Bertz CT molecular complexity index is 546. The number of amides is 2. The van der Waals surface area contributed by atoms with E-state index in [4.69, 9.17) is 5.11 Å². The fourth-order valence-electron chi connectivity index (χ4n) is 1.89. The van der Waals surface area contributed by atoms with Crippen molar-refractivity contribution in [3.05, 3.63) is 29.3 Å². The summed E-state index contributed by atoms with van der Waals surface area (Å²) in [6.45, 7) is -2.24. The molecule has 0 atom stereocenters. The Morgan fingerprint density at radius 3 is 2.85 bits per heavy atom. The van der Waals surface area contributed by atoms with Crippen molar-refractivity contribution in [1.82, 2.24) is 5.32 Å². The number of carbonyl (C=O) groups is 2. The number of nitrogens with one attached hydrogen (secondary N) is 2. The Hall–Kier alpha value is -2.02. The van der Waals surface area contributed by atoms with E-state index in [1.807, 2.05) is 0 Å². The molecule has 0 saturated carbocycles. The molecule has 1 aliphatic heterocycles. The van der Waals surface area contributed by atoms with Crippen LogP contribution < -0.4 is 10.6 Å². The third-order valence-corrected chi connectivity index (χ3v) is 3.00. The number of halogens is 2. The van der Waals surface area contributed by atoms with Gasteiger partial charge in [-0.15, -0.1) is 0 Å². The van der Waals surface area contributed by atoms with Gasteiger partial charge in [0, 0.05) is 17.7 Å². The number of rotatable bonds is 4. The Kier molecular flexibility index (Phi) is 3.99. The molecule has 108 valence electrons. The van der Waals surface area contributed by atoms with Gasteiger partial charge in [0.1, 0.15) is 6.61 Å². The van der Waals surface area contributed by atoms with Gasteiger partial charge in [-0.2, -0.15) is 0 Å². The lowest BCUT2D eigenvalue weighted by atomic mass is 10.00. The molecule has 20 heavy (non-hydrogen) atoms. The predicted molar refractivity (Wildman–Crippen MR) is 67.8 cm³/mol. The van der Waals surface area contributed by atoms with Crippen LogP contribution in [-0.4, -0.2) is 36.0 Å². The van der Waals surface area contributed by atoms with Gasteiger partial charge in [0.25, 0.3) is 11.8 Å². The van der Waals surface area contributed by atoms with Gasteiger partial charge in [0.05, 0.1) is 6.54 Å². The normalized spacial score (nSPS) is 14.4. The van der Waals surface area contributed by atoms with Gasteiger partial charge >= 0.3 is 0 Å². The van der Waals surface area contributed by atoms with Crippen molar-refractivity contribution in [3.63, 3.8) is 0 Å². The van der Waals surface area contributed by atoms with E-state index in [1.54, 1.807) is 12.1 Å². The lowest BCUT2D eigenvalue weighted by Gasteiger charge is -2.18. The molecule has 0 saturated heterocycles. The molecular formula is C13H14F2N2O3. The second-order valence-electron chi connectivity index (χ2n) is 4.62. The van der Waals surface area contributed by atoms with E-state index in [2.05, 4.69) is 10.6 Å². The molecule has 1 aromatic rings. The highest BCUT2D eigenvalue weighted by atomic mass is 19.3. The van der Waals surface area contributed by atoms with Crippen LogP contribution in [0.2, 0.25) is 0 Å². The minimum atomic E-state index is -3.34. The number of aryl methyl sites for hydroxylation is 1. The molecule has 5 nitrogen and oxygen atoms in total. The van der Waals surface area contributed by atoms with Crippen LogP contribution in [0, 0.1) is 0 Å². The van der Waals surface area contributed by atoms with Crippen LogP contribution in [0.5, 0.6) is 0 Å². The van der Waals surface area contributed by atoms with E-state index >= 15 is 0 Å². The number of anilines is 1. The first-order chi connectivity index (χ1) is 9.41. The Balaban J connectivity index is 2.06. The molecule has 0 fully saturated rings. The number of benzene rings is 1. The molecule has 0 bridgehead atoms. The summed E-state index contributed by atoms with van der Waals surface area (Å²) < 4.78 is 25.7. The van der Waals surface area contributed by atoms with Crippen molar-refractivity contribution in [2.24, 2.45) is 0 Å². The lowest BCUT2D eigenvalue weighted by Crippen LogP contribution is -2.39. The van der Waals surface area contributed by atoms with Gasteiger partial charge in [0.15, 0.2) is 0 Å². The van der Waals surface area contributed by atoms with Crippen molar-refractivity contribution in [2.75, 3.05) is 18.5 Å². The smallest absolute Gasteiger partial charge is 0.287 e. The summed E-state index contributed by atoms with van der Waals surface area (Å²) in [7, 11) is 0. The van der Waals surface area contributed by atoms with Crippen LogP contribution in [0.3, 0.4) is 0 Å². The summed E-state index contributed by atoms with van der Waals surface area (Å²) >= 11 is 0. The number of fused-ring (bicyclic) bond motifs is 1. The van der Waals surface area contributed by atoms with E-state index in [0.29, 0.717) is 18.5 Å². The second kappa shape index (κ2) is 5.54. The van der Waals surface area contributed by atoms with E-state index in [9.17, 15) is 18.4 Å². The Labute approximate surface area is 114 Å². The van der Waals surface area contributed by atoms with Gasteiger partial charge in [-0.25, -0.2) is 8.78 Å². The van der Waals surface area contributed by atoms with Crippen LogP contribution in [0.4, 0.5) is 14.5 Å². The van der Waals surface area contributed by atoms with Crippen LogP contribution in [-0.2, 0) is 11.2 Å². The summed E-state index contributed by atoms with van der Waals surface area (Å²) in [6.07, 6.45) is 0.843. The molecule has 3 N–H and O–H groups in total. The molecule has 0 unspecified atom stereocenters. The second-order valence-corrected chi connectivity index (χ2v) is 4.62. The van der Waals surface area contributed by atoms with Crippen molar-refractivity contribution in [2.45, 2.75) is 18.8 Å². The average molecular weight is 284 g/mol. The third-order valence-electron chi connectivity index (χ3n) is 3.00. The van der Waals surface area contributed by atoms with Gasteiger partial charge in [-0.3, -0.25) is 9.59 Å². The van der Waals surface area contributed by atoms with Crippen LogP contribution in [0.25, 0.3) is 0 Å². The van der Waals surface area contributed by atoms with Gasteiger partial charge < -0.3 is 15.7 Å². The molecule has 2 amide bonds. The number of aliphatic hydroxyl groups is 1. The van der Waals surface area contributed by atoms with Crippen LogP contribution in [0.1, 0.15) is 22.3 Å². The Morgan fingerprint density at radius 2 is 2.15 bits per heavy atom. The van der Waals surface area contributed by atoms with E-state index in [-0.39, 0.29) is 11.5 Å². The van der Waals surface area contributed by atoms with Gasteiger partial charge in [0.2, 0.25) is 5.91 Å². The maximum absolute atomic E-state index is 12.8.